The first-order valence-electron chi connectivity index (χ1n) is 5.44. The van der Waals surface area contributed by atoms with Crippen molar-refractivity contribution in [1.82, 2.24) is 0 Å². The van der Waals surface area contributed by atoms with Gasteiger partial charge in [-0.2, -0.15) is 0 Å². The number of halogens is 1. The van der Waals surface area contributed by atoms with E-state index in [0.717, 1.165) is 5.56 Å². The Morgan fingerprint density at radius 2 is 1.94 bits per heavy atom. The molecular weight excluding hydrogens is 238 g/mol. The van der Waals surface area contributed by atoms with Crippen molar-refractivity contribution < 1.29 is 9.15 Å². The van der Waals surface area contributed by atoms with E-state index in [1.165, 1.54) is 11.1 Å². The maximum Gasteiger partial charge on any atom is 0.193 e. The van der Waals surface area contributed by atoms with Gasteiger partial charge in [-0.1, -0.05) is 18.2 Å². The first-order valence-corrected chi connectivity index (χ1v) is 5.82. The van der Waals surface area contributed by atoms with E-state index in [4.69, 9.17) is 26.5 Å². The number of hydrogen-bond acceptors (Lipinski definition) is 3. The summed E-state index contributed by atoms with van der Waals surface area (Å²) in [6.45, 7) is 1.35. The average molecular weight is 250 g/mol. The molecule has 1 aromatic heterocycles. The highest BCUT2D eigenvalue weighted by molar-refractivity contribution is 6.28. The zero-order valence-corrected chi connectivity index (χ0v) is 9.91. The minimum Gasteiger partial charge on any atom is -0.448 e. The molecule has 0 aliphatic carbocycles. The second-order valence-corrected chi connectivity index (χ2v) is 4.51. The first kappa shape index (κ1) is 10.8. The van der Waals surface area contributed by atoms with E-state index in [-0.39, 0.29) is 6.04 Å². The summed E-state index contributed by atoms with van der Waals surface area (Å²) in [6.07, 6.45) is 0. The van der Waals surface area contributed by atoms with E-state index in [0.29, 0.717) is 24.2 Å². The van der Waals surface area contributed by atoms with Crippen LogP contribution >= 0.6 is 11.6 Å². The van der Waals surface area contributed by atoms with Crippen LogP contribution in [0.3, 0.4) is 0 Å². The van der Waals surface area contributed by atoms with Gasteiger partial charge in [0, 0.05) is 0 Å². The van der Waals surface area contributed by atoms with E-state index in [2.05, 4.69) is 12.1 Å². The molecule has 0 spiro atoms. The molecule has 0 radical (unpaired) electrons. The Morgan fingerprint density at radius 3 is 2.71 bits per heavy atom. The Bertz CT molecular complexity index is 550. The van der Waals surface area contributed by atoms with E-state index in [9.17, 15) is 0 Å². The van der Waals surface area contributed by atoms with Gasteiger partial charge >= 0.3 is 0 Å². The number of nitrogens with two attached hydrogens (primary N) is 1. The molecule has 2 N–H and O–H groups in total. The molecule has 1 aromatic carbocycles. The quantitative estimate of drug-likeness (QED) is 0.890. The predicted octanol–water partition coefficient (Wildman–Crippen LogP) is 3.01. The van der Waals surface area contributed by atoms with Crippen LogP contribution in [0.2, 0.25) is 5.22 Å². The number of ether oxygens (including phenoxy) is 1. The summed E-state index contributed by atoms with van der Waals surface area (Å²) in [5.41, 5.74) is 9.58. The second kappa shape index (κ2) is 4.18. The molecule has 0 amide bonds. The SMILES string of the molecule is NC(c1ccc2c(c1)COC2)c1ccc(Cl)o1. The number of rotatable bonds is 2. The van der Waals surface area contributed by atoms with Gasteiger partial charge in [-0.05, 0) is 40.4 Å². The molecule has 0 fully saturated rings. The molecule has 88 valence electrons. The summed E-state index contributed by atoms with van der Waals surface area (Å²) in [4.78, 5) is 0. The van der Waals surface area contributed by atoms with Crippen molar-refractivity contribution in [2.24, 2.45) is 5.73 Å². The third kappa shape index (κ3) is 1.97. The first-order chi connectivity index (χ1) is 8.24. The lowest BCUT2D eigenvalue weighted by Crippen LogP contribution is -2.11. The molecule has 3 rings (SSSR count). The van der Waals surface area contributed by atoms with Crippen LogP contribution in [0.25, 0.3) is 0 Å². The fourth-order valence-electron chi connectivity index (χ4n) is 2.05. The van der Waals surface area contributed by atoms with Crippen molar-refractivity contribution in [2.75, 3.05) is 0 Å². The molecule has 1 unspecified atom stereocenters. The largest absolute Gasteiger partial charge is 0.448 e. The Labute approximate surface area is 104 Å². The summed E-state index contributed by atoms with van der Waals surface area (Å²) in [6, 6.07) is 9.36. The normalized spacial score (nSPS) is 15.9. The van der Waals surface area contributed by atoms with Gasteiger partial charge in [0.05, 0.1) is 19.3 Å². The van der Waals surface area contributed by atoms with Crippen LogP contribution in [0.1, 0.15) is 28.5 Å². The smallest absolute Gasteiger partial charge is 0.193 e. The highest BCUT2D eigenvalue weighted by Crippen LogP contribution is 2.27. The van der Waals surface area contributed by atoms with Gasteiger partial charge in [-0.25, -0.2) is 0 Å². The second-order valence-electron chi connectivity index (χ2n) is 4.14. The molecule has 2 aromatic rings. The zero-order chi connectivity index (χ0) is 11.8. The van der Waals surface area contributed by atoms with Gasteiger partial charge in [0.25, 0.3) is 0 Å². The monoisotopic (exact) mass is 249 g/mol. The molecule has 1 aliphatic rings. The fourth-order valence-corrected chi connectivity index (χ4v) is 2.20. The van der Waals surface area contributed by atoms with Crippen molar-refractivity contribution in [1.29, 1.82) is 0 Å². The Kier molecular flexibility index (Phi) is 2.67. The fraction of sp³-hybridized carbons (Fsp3) is 0.231. The van der Waals surface area contributed by atoms with Gasteiger partial charge in [0.2, 0.25) is 0 Å². The van der Waals surface area contributed by atoms with Crippen molar-refractivity contribution in [3.05, 3.63) is 58.0 Å². The van der Waals surface area contributed by atoms with Gasteiger partial charge < -0.3 is 14.9 Å². The van der Waals surface area contributed by atoms with Gasteiger partial charge in [0.1, 0.15) is 5.76 Å². The Morgan fingerprint density at radius 1 is 1.12 bits per heavy atom. The summed E-state index contributed by atoms with van der Waals surface area (Å²) >= 11 is 5.74. The number of fused-ring (bicyclic) bond motifs is 1. The summed E-state index contributed by atoms with van der Waals surface area (Å²) < 4.78 is 10.7. The minimum atomic E-state index is -0.284. The number of furan rings is 1. The zero-order valence-electron chi connectivity index (χ0n) is 9.15. The van der Waals surface area contributed by atoms with Gasteiger partial charge in [0.15, 0.2) is 5.22 Å². The molecule has 0 saturated heterocycles. The van der Waals surface area contributed by atoms with Crippen LogP contribution in [0, 0.1) is 0 Å². The van der Waals surface area contributed by atoms with Crippen molar-refractivity contribution in [2.45, 2.75) is 19.3 Å². The lowest BCUT2D eigenvalue weighted by atomic mass is 10.0. The van der Waals surface area contributed by atoms with Crippen LogP contribution in [0.4, 0.5) is 0 Å². The maximum atomic E-state index is 6.13. The topological polar surface area (TPSA) is 48.4 Å². The van der Waals surface area contributed by atoms with Gasteiger partial charge in [-0.3, -0.25) is 0 Å². The maximum absolute atomic E-state index is 6.13. The molecule has 0 bridgehead atoms. The molecule has 17 heavy (non-hydrogen) atoms. The van der Waals surface area contributed by atoms with Crippen molar-refractivity contribution in [3.8, 4) is 0 Å². The minimum absolute atomic E-state index is 0.284. The van der Waals surface area contributed by atoms with E-state index >= 15 is 0 Å². The molecule has 4 heteroatoms. The molecule has 3 nitrogen and oxygen atoms in total. The summed E-state index contributed by atoms with van der Waals surface area (Å²) in [5.74, 6) is 0.675. The van der Waals surface area contributed by atoms with Gasteiger partial charge in [-0.15, -0.1) is 0 Å². The van der Waals surface area contributed by atoms with E-state index in [1.807, 2.05) is 6.07 Å². The third-order valence-electron chi connectivity index (χ3n) is 3.01. The van der Waals surface area contributed by atoms with Crippen LogP contribution < -0.4 is 5.73 Å². The lowest BCUT2D eigenvalue weighted by Gasteiger charge is -2.10. The predicted molar refractivity (Wildman–Crippen MR) is 64.7 cm³/mol. The number of benzene rings is 1. The highest BCUT2D eigenvalue weighted by Gasteiger charge is 2.17. The number of hydrogen-bond donors (Lipinski definition) is 1. The third-order valence-corrected chi connectivity index (χ3v) is 3.21. The standard InChI is InChI=1S/C13H12ClNO2/c14-12-4-3-11(17-12)13(15)8-1-2-9-6-16-7-10(9)5-8/h1-5,13H,6-7,15H2. The van der Waals surface area contributed by atoms with E-state index in [1.54, 1.807) is 12.1 Å². The highest BCUT2D eigenvalue weighted by atomic mass is 35.5. The molecular formula is C13H12ClNO2. The summed E-state index contributed by atoms with van der Waals surface area (Å²) in [7, 11) is 0. The average Bonchev–Trinajstić information content (AvgIpc) is 2.95. The molecule has 0 saturated carbocycles. The Hall–Kier alpha value is -1.29. The Balaban J connectivity index is 1.94. The van der Waals surface area contributed by atoms with Crippen LogP contribution in [0.5, 0.6) is 0 Å². The molecule has 2 heterocycles. The van der Waals surface area contributed by atoms with Crippen LogP contribution in [-0.4, -0.2) is 0 Å². The molecule has 1 atom stereocenters. The van der Waals surface area contributed by atoms with Crippen molar-refractivity contribution >= 4 is 11.6 Å². The molecule has 1 aliphatic heterocycles. The summed E-state index contributed by atoms with van der Waals surface area (Å²) in [5, 5.41) is 0.361. The van der Waals surface area contributed by atoms with Crippen LogP contribution in [0.15, 0.2) is 34.7 Å². The lowest BCUT2D eigenvalue weighted by molar-refractivity contribution is 0.134. The van der Waals surface area contributed by atoms with Crippen molar-refractivity contribution in [3.63, 3.8) is 0 Å². The van der Waals surface area contributed by atoms with E-state index < -0.39 is 0 Å². The van der Waals surface area contributed by atoms with Crippen LogP contribution in [-0.2, 0) is 18.0 Å².